The average Bonchev–Trinajstić information content (AvgIpc) is 3.70. The molecule has 10 aromatic rings. The summed E-state index contributed by atoms with van der Waals surface area (Å²) in [6, 6.07) is 83.6. The topological polar surface area (TPSA) is 8.17 Å². The average molecular weight is 793 g/mol. The largest absolute Gasteiger partial charge is 0.310 e. The molecule has 2 nitrogen and oxygen atoms in total. The van der Waals surface area contributed by atoms with Crippen molar-refractivity contribution in [1.29, 1.82) is 0 Å². The predicted octanol–water partition coefficient (Wildman–Crippen LogP) is 16.4. The van der Waals surface area contributed by atoms with Gasteiger partial charge in [-0.2, -0.15) is 0 Å². The summed E-state index contributed by atoms with van der Waals surface area (Å²) in [5.74, 6) is 0.409. The number of anilines is 3. The SMILES string of the molecule is C1=CC(c2ccccc2)CC=C1c1ccc(N(c2ccc(-c3cccc(-c4ccccc4)c3)cc2)c2cccc(-c3cccc4c3c3ccccc3n4-c3ccccc3)c2)cc1. The second-order valence-electron chi connectivity index (χ2n) is 16.1. The van der Waals surface area contributed by atoms with Gasteiger partial charge in [0.2, 0.25) is 0 Å². The van der Waals surface area contributed by atoms with Crippen molar-refractivity contribution in [3.05, 3.63) is 260 Å². The fraction of sp³-hybridized carbons (Fsp3) is 0.0333. The molecule has 294 valence electrons. The minimum absolute atomic E-state index is 0.409. The number of hydrogen-bond acceptors (Lipinski definition) is 1. The molecule has 0 amide bonds. The van der Waals surface area contributed by atoms with E-state index in [0.29, 0.717) is 5.92 Å². The monoisotopic (exact) mass is 792 g/mol. The van der Waals surface area contributed by atoms with Crippen LogP contribution in [0.4, 0.5) is 17.1 Å². The Morgan fingerprint density at radius 2 is 0.968 bits per heavy atom. The number of hydrogen-bond donors (Lipinski definition) is 0. The van der Waals surface area contributed by atoms with Gasteiger partial charge >= 0.3 is 0 Å². The Balaban J connectivity index is 0.992. The summed E-state index contributed by atoms with van der Waals surface area (Å²) in [5, 5.41) is 2.50. The molecule has 0 saturated heterocycles. The van der Waals surface area contributed by atoms with Gasteiger partial charge in [0.15, 0.2) is 0 Å². The Bertz CT molecular complexity index is 3230. The Kier molecular flexibility index (Phi) is 9.72. The van der Waals surface area contributed by atoms with Crippen LogP contribution in [0, 0.1) is 0 Å². The lowest BCUT2D eigenvalue weighted by atomic mass is 9.88. The third-order valence-corrected chi connectivity index (χ3v) is 12.3. The predicted molar refractivity (Wildman–Crippen MR) is 263 cm³/mol. The van der Waals surface area contributed by atoms with Crippen LogP contribution in [-0.2, 0) is 0 Å². The molecule has 0 bridgehead atoms. The van der Waals surface area contributed by atoms with Crippen molar-refractivity contribution in [3.63, 3.8) is 0 Å². The lowest BCUT2D eigenvalue weighted by Gasteiger charge is -2.27. The van der Waals surface area contributed by atoms with Crippen molar-refractivity contribution in [2.75, 3.05) is 4.90 Å². The molecule has 2 heteroatoms. The third kappa shape index (κ3) is 7.02. The maximum absolute atomic E-state index is 2.39. The van der Waals surface area contributed by atoms with E-state index in [-0.39, 0.29) is 0 Å². The fourth-order valence-corrected chi connectivity index (χ4v) is 9.27. The zero-order valence-corrected chi connectivity index (χ0v) is 34.4. The summed E-state index contributed by atoms with van der Waals surface area (Å²) in [5.41, 5.74) is 17.9. The van der Waals surface area contributed by atoms with Gasteiger partial charge in [0, 0.05) is 39.4 Å². The van der Waals surface area contributed by atoms with Crippen molar-refractivity contribution in [1.82, 2.24) is 4.57 Å². The zero-order chi connectivity index (χ0) is 41.2. The van der Waals surface area contributed by atoms with Gasteiger partial charge in [-0.25, -0.2) is 0 Å². The number of benzene rings is 9. The fourth-order valence-electron chi connectivity index (χ4n) is 9.27. The van der Waals surface area contributed by atoms with Crippen LogP contribution in [0.5, 0.6) is 0 Å². The molecule has 1 heterocycles. The molecule has 0 spiro atoms. The van der Waals surface area contributed by atoms with Crippen LogP contribution in [0.25, 0.3) is 66.4 Å². The second kappa shape index (κ2) is 16.3. The summed E-state index contributed by atoms with van der Waals surface area (Å²) >= 11 is 0. The zero-order valence-electron chi connectivity index (χ0n) is 34.4. The quantitative estimate of drug-likeness (QED) is 0.141. The molecule has 1 aromatic heterocycles. The van der Waals surface area contributed by atoms with E-state index in [4.69, 9.17) is 0 Å². The first-order valence-electron chi connectivity index (χ1n) is 21.5. The Morgan fingerprint density at radius 1 is 0.403 bits per heavy atom. The molecule has 1 unspecified atom stereocenters. The molecule has 11 rings (SSSR count). The minimum atomic E-state index is 0.409. The number of nitrogens with zero attached hydrogens (tertiary/aromatic N) is 2. The Labute approximate surface area is 363 Å². The molecule has 62 heavy (non-hydrogen) atoms. The number of allylic oxidation sites excluding steroid dienone is 4. The van der Waals surface area contributed by atoms with E-state index in [1.807, 2.05) is 0 Å². The number of aromatic nitrogens is 1. The highest BCUT2D eigenvalue weighted by Gasteiger charge is 2.19. The molecular formula is C60H44N2. The van der Waals surface area contributed by atoms with Gasteiger partial charge < -0.3 is 9.47 Å². The van der Waals surface area contributed by atoms with Gasteiger partial charge in [0.1, 0.15) is 0 Å². The van der Waals surface area contributed by atoms with Crippen molar-refractivity contribution in [3.8, 4) is 39.1 Å². The first kappa shape index (κ1) is 37.1. The third-order valence-electron chi connectivity index (χ3n) is 12.3. The maximum atomic E-state index is 2.39. The van der Waals surface area contributed by atoms with Gasteiger partial charge in [0.25, 0.3) is 0 Å². The Hall–Kier alpha value is -7.94. The van der Waals surface area contributed by atoms with Crippen molar-refractivity contribution in [2.45, 2.75) is 12.3 Å². The summed E-state index contributed by atoms with van der Waals surface area (Å²) in [4.78, 5) is 2.39. The number of fused-ring (bicyclic) bond motifs is 3. The first-order chi connectivity index (χ1) is 30.7. The van der Waals surface area contributed by atoms with Crippen LogP contribution >= 0.6 is 0 Å². The lowest BCUT2D eigenvalue weighted by molar-refractivity contribution is 0.856. The highest BCUT2D eigenvalue weighted by Crippen LogP contribution is 2.42. The van der Waals surface area contributed by atoms with Crippen LogP contribution in [0.1, 0.15) is 23.5 Å². The molecule has 1 aliphatic rings. The molecule has 9 aromatic carbocycles. The highest BCUT2D eigenvalue weighted by atomic mass is 15.1. The lowest BCUT2D eigenvalue weighted by Crippen LogP contribution is -2.10. The highest BCUT2D eigenvalue weighted by molar-refractivity contribution is 6.16. The van der Waals surface area contributed by atoms with Crippen LogP contribution < -0.4 is 4.90 Å². The van der Waals surface area contributed by atoms with Gasteiger partial charge in [0.05, 0.1) is 11.0 Å². The molecule has 0 aliphatic heterocycles. The van der Waals surface area contributed by atoms with Crippen LogP contribution in [0.3, 0.4) is 0 Å². The van der Waals surface area contributed by atoms with Crippen LogP contribution in [-0.4, -0.2) is 4.57 Å². The molecular weight excluding hydrogens is 749 g/mol. The second-order valence-corrected chi connectivity index (χ2v) is 16.1. The van der Waals surface area contributed by atoms with Gasteiger partial charge in [-0.1, -0.05) is 182 Å². The van der Waals surface area contributed by atoms with E-state index in [1.165, 1.54) is 71.9 Å². The standard InChI is InChI=1S/C60H44N2/c1-4-15-43(16-5-1)45-29-31-46(32-30-45)47-33-37-53(38-34-47)61(54-39-35-48(36-40-54)50-20-12-19-49(41-50)44-17-6-2-7-18-44)55-24-13-21-51(42-55)56-26-14-28-59-60(56)57-25-10-11-27-58(57)62(59)52-22-8-3-9-23-52/h1-29,31-42,45H,30H2. The Morgan fingerprint density at radius 3 is 1.68 bits per heavy atom. The normalized spacial score (nSPS) is 13.6. The van der Waals surface area contributed by atoms with Gasteiger partial charge in [-0.3, -0.25) is 0 Å². The number of para-hydroxylation sites is 2. The van der Waals surface area contributed by atoms with Gasteiger partial charge in [-0.15, -0.1) is 0 Å². The molecule has 0 fully saturated rings. The smallest absolute Gasteiger partial charge is 0.0547 e. The van der Waals surface area contributed by atoms with E-state index < -0.39 is 0 Å². The minimum Gasteiger partial charge on any atom is -0.310 e. The van der Waals surface area contributed by atoms with Crippen molar-refractivity contribution in [2.24, 2.45) is 0 Å². The van der Waals surface area contributed by atoms with Gasteiger partial charge in [-0.05, 0) is 123 Å². The molecule has 1 atom stereocenters. The first-order valence-corrected chi connectivity index (χ1v) is 21.5. The molecule has 0 saturated carbocycles. The van der Waals surface area contributed by atoms with Crippen molar-refractivity contribution < 1.29 is 0 Å². The van der Waals surface area contributed by atoms with E-state index in [9.17, 15) is 0 Å². The summed E-state index contributed by atoms with van der Waals surface area (Å²) < 4.78 is 2.39. The summed E-state index contributed by atoms with van der Waals surface area (Å²) in [6.45, 7) is 0. The summed E-state index contributed by atoms with van der Waals surface area (Å²) in [7, 11) is 0. The van der Waals surface area contributed by atoms with Crippen LogP contribution in [0.15, 0.2) is 249 Å². The van der Waals surface area contributed by atoms with E-state index in [1.54, 1.807) is 0 Å². The number of rotatable bonds is 9. The molecule has 0 N–H and O–H groups in total. The molecule has 1 aliphatic carbocycles. The summed E-state index contributed by atoms with van der Waals surface area (Å²) in [6.07, 6.45) is 8.02. The maximum Gasteiger partial charge on any atom is 0.0547 e. The van der Waals surface area contributed by atoms with E-state index in [2.05, 4.69) is 258 Å². The van der Waals surface area contributed by atoms with Crippen molar-refractivity contribution >= 4 is 44.4 Å². The van der Waals surface area contributed by atoms with Crippen LogP contribution in [0.2, 0.25) is 0 Å². The molecule has 0 radical (unpaired) electrons. The van der Waals surface area contributed by atoms with E-state index >= 15 is 0 Å². The van der Waals surface area contributed by atoms with E-state index in [0.717, 1.165) is 29.2 Å².